The Kier molecular flexibility index (Phi) is 4.94. The number of nitrogens with zero attached hydrogens (tertiary/aromatic N) is 5. The fourth-order valence-electron chi connectivity index (χ4n) is 2.85. The highest BCUT2D eigenvalue weighted by Gasteiger charge is 2.08. The summed E-state index contributed by atoms with van der Waals surface area (Å²) in [5, 5.41) is 11.6. The quantitative estimate of drug-likeness (QED) is 0.535. The number of rotatable bonds is 6. The van der Waals surface area contributed by atoms with E-state index >= 15 is 0 Å². The fraction of sp³-hybridized carbons (Fsp3) is 0.150. The molecule has 0 radical (unpaired) electrons. The van der Waals surface area contributed by atoms with Gasteiger partial charge in [-0.2, -0.15) is 10.1 Å². The summed E-state index contributed by atoms with van der Waals surface area (Å²) in [5.74, 6) is -0.405. The van der Waals surface area contributed by atoms with Crippen molar-refractivity contribution in [2.24, 2.45) is 7.05 Å². The molecule has 2 heterocycles. The topological polar surface area (TPSA) is 69.8 Å². The molecule has 0 atom stereocenters. The molecule has 0 aliphatic carbocycles. The van der Waals surface area contributed by atoms with Crippen molar-refractivity contribution in [2.45, 2.75) is 13.5 Å². The van der Waals surface area contributed by atoms with Crippen molar-refractivity contribution in [3.05, 3.63) is 77.9 Å². The number of nitrogens with one attached hydrogen (secondary N) is 1. The summed E-state index contributed by atoms with van der Waals surface area (Å²) in [5.41, 5.74) is 2.78. The lowest BCUT2D eigenvalue weighted by Gasteiger charge is -2.09. The van der Waals surface area contributed by atoms with Crippen molar-refractivity contribution < 1.29 is 13.5 Å². The molecule has 0 bridgehead atoms. The average molecular weight is 396 g/mol. The maximum Gasteiger partial charge on any atom is 0.246 e. The lowest BCUT2D eigenvalue weighted by molar-refractivity contribution is 0.300. The van der Waals surface area contributed by atoms with Gasteiger partial charge < -0.3 is 10.1 Å². The highest BCUT2D eigenvalue weighted by Crippen LogP contribution is 2.24. The van der Waals surface area contributed by atoms with Crippen LogP contribution in [0.2, 0.25) is 0 Å². The van der Waals surface area contributed by atoms with Crippen LogP contribution in [0.3, 0.4) is 0 Å². The minimum atomic E-state index is -0.682. The van der Waals surface area contributed by atoms with Gasteiger partial charge >= 0.3 is 0 Å². The number of hydrogen-bond donors (Lipinski definition) is 1. The maximum atomic E-state index is 13.4. The van der Waals surface area contributed by atoms with Crippen molar-refractivity contribution in [3.63, 3.8) is 0 Å². The van der Waals surface area contributed by atoms with Crippen LogP contribution in [-0.4, -0.2) is 24.5 Å². The molecule has 2 aromatic carbocycles. The van der Waals surface area contributed by atoms with E-state index in [0.29, 0.717) is 12.4 Å². The van der Waals surface area contributed by atoms with E-state index < -0.39 is 11.6 Å². The molecular weight excluding hydrogens is 378 g/mol. The number of ether oxygens (including phenoxy) is 1. The van der Waals surface area contributed by atoms with Crippen LogP contribution in [0, 0.1) is 18.6 Å². The molecule has 0 saturated carbocycles. The van der Waals surface area contributed by atoms with Gasteiger partial charge in [-0.15, -0.1) is 5.10 Å². The van der Waals surface area contributed by atoms with Crippen LogP contribution in [0.15, 0.2) is 55.0 Å². The van der Waals surface area contributed by atoms with Gasteiger partial charge in [-0.3, -0.25) is 4.68 Å². The Morgan fingerprint density at radius 1 is 1.03 bits per heavy atom. The van der Waals surface area contributed by atoms with E-state index in [4.69, 9.17) is 4.74 Å². The molecule has 9 heteroatoms. The molecule has 7 nitrogen and oxygen atoms in total. The van der Waals surface area contributed by atoms with Crippen molar-refractivity contribution in [2.75, 3.05) is 5.32 Å². The molecule has 148 valence electrons. The molecule has 0 spiro atoms. The van der Waals surface area contributed by atoms with Gasteiger partial charge in [0.1, 0.15) is 30.3 Å². The van der Waals surface area contributed by atoms with E-state index in [1.807, 2.05) is 44.4 Å². The third-order valence-corrected chi connectivity index (χ3v) is 4.07. The van der Waals surface area contributed by atoms with Crippen LogP contribution < -0.4 is 10.1 Å². The molecule has 0 unspecified atom stereocenters. The lowest BCUT2D eigenvalue weighted by atomic mass is 10.2. The zero-order chi connectivity index (χ0) is 20.4. The maximum absolute atomic E-state index is 13.4. The van der Waals surface area contributed by atoms with Gasteiger partial charge in [-0.05, 0) is 42.8 Å². The summed E-state index contributed by atoms with van der Waals surface area (Å²) < 4.78 is 35.7. The third-order valence-electron chi connectivity index (χ3n) is 4.07. The molecular formula is C20H18F2N6O. The Bertz CT molecular complexity index is 1130. The van der Waals surface area contributed by atoms with E-state index in [1.165, 1.54) is 23.1 Å². The monoisotopic (exact) mass is 396 g/mol. The summed E-state index contributed by atoms with van der Waals surface area (Å²) in [6.07, 6.45) is 3.24. The predicted molar refractivity (Wildman–Crippen MR) is 103 cm³/mol. The Morgan fingerprint density at radius 2 is 1.83 bits per heavy atom. The minimum Gasteiger partial charge on any atom is -0.487 e. The van der Waals surface area contributed by atoms with Crippen LogP contribution in [0.4, 0.5) is 20.4 Å². The Balaban J connectivity index is 1.49. The second-order valence-corrected chi connectivity index (χ2v) is 6.57. The fourth-order valence-corrected chi connectivity index (χ4v) is 2.85. The van der Waals surface area contributed by atoms with Crippen molar-refractivity contribution in [3.8, 4) is 11.4 Å². The minimum absolute atomic E-state index is 0.242. The van der Waals surface area contributed by atoms with Gasteiger partial charge in [0.2, 0.25) is 5.95 Å². The molecule has 0 amide bonds. The number of benzene rings is 2. The SMILES string of the molecule is Cc1cc(Nc2ncn(-c3cc(F)cc(F)c3)n2)cc(OCc2ccn(C)n2)c1. The van der Waals surface area contributed by atoms with Crippen molar-refractivity contribution in [1.82, 2.24) is 24.5 Å². The molecule has 2 aromatic heterocycles. The first-order chi connectivity index (χ1) is 13.9. The van der Waals surface area contributed by atoms with Gasteiger partial charge in [0.05, 0.1) is 11.4 Å². The van der Waals surface area contributed by atoms with Gasteiger partial charge in [0, 0.05) is 31.1 Å². The molecule has 4 aromatic rings. The molecule has 29 heavy (non-hydrogen) atoms. The highest BCUT2D eigenvalue weighted by atomic mass is 19.1. The summed E-state index contributed by atoms with van der Waals surface area (Å²) in [6, 6.07) is 10.7. The van der Waals surface area contributed by atoms with Crippen LogP contribution >= 0.6 is 0 Å². The van der Waals surface area contributed by atoms with Crippen LogP contribution in [0.1, 0.15) is 11.3 Å². The first-order valence-electron chi connectivity index (χ1n) is 8.83. The van der Waals surface area contributed by atoms with E-state index in [-0.39, 0.29) is 11.6 Å². The Labute approximate surface area is 165 Å². The van der Waals surface area contributed by atoms with E-state index in [2.05, 4.69) is 20.5 Å². The van der Waals surface area contributed by atoms with Gasteiger partial charge in [-0.1, -0.05) is 0 Å². The van der Waals surface area contributed by atoms with E-state index in [0.717, 1.165) is 23.0 Å². The highest BCUT2D eigenvalue weighted by molar-refractivity contribution is 5.57. The summed E-state index contributed by atoms with van der Waals surface area (Å²) in [7, 11) is 1.85. The van der Waals surface area contributed by atoms with Crippen LogP contribution in [-0.2, 0) is 13.7 Å². The first-order valence-corrected chi connectivity index (χ1v) is 8.83. The molecule has 0 saturated heterocycles. The molecule has 0 fully saturated rings. The zero-order valence-electron chi connectivity index (χ0n) is 15.8. The second kappa shape index (κ2) is 7.70. The largest absolute Gasteiger partial charge is 0.487 e. The van der Waals surface area contributed by atoms with Crippen molar-refractivity contribution >= 4 is 11.6 Å². The van der Waals surface area contributed by atoms with E-state index in [9.17, 15) is 8.78 Å². The number of halogens is 2. The Hall–Kier alpha value is -3.75. The van der Waals surface area contributed by atoms with Gasteiger partial charge in [0.15, 0.2) is 0 Å². The molecule has 4 rings (SSSR count). The first kappa shape index (κ1) is 18.6. The van der Waals surface area contributed by atoms with Gasteiger partial charge in [0.25, 0.3) is 0 Å². The zero-order valence-corrected chi connectivity index (χ0v) is 15.8. The Morgan fingerprint density at radius 3 is 2.55 bits per heavy atom. The number of hydrogen-bond acceptors (Lipinski definition) is 5. The molecule has 1 N–H and O–H groups in total. The normalized spacial score (nSPS) is 10.9. The van der Waals surface area contributed by atoms with Crippen molar-refractivity contribution in [1.29, 1.82) is 0 Å². The predicted octanol–water partition coefficient (Wildman–Crippen LogP) is 3.91. The average Bonchev–Trinajstić information content (AvgIpc) is 3.28. The summed E-state index contributed by atoms with van der Waals surface area (Å²) >= 11 is 0. The number of aryl methyl sites for hydroxylation is 2. The van der Waals surface area contributed by atoms with E-state index in [1.54, 1.807) is 4.68 Å². The lowest BCUT2D eigenvalue weighted by Crippen LogP contribution is -2.00. The summed E-state index contributed by atoms with van der Waals surface area (Å²) in [6.45, 7) is 2.29. The number of aromatic nitrogens is 5. The standard InChI is InChI=1S/C20H18F2N6O/c1-13-5-17(10-19(6-13)29-11-16-3-4-27(2)25-16)24-20-23-12-28(26-20)18-8-14(21)7-15(22)9-18/h3-10,12H,11H2,1-2H3,(H,24,26). The number of anilines is 2. The van der Waals surface area contributed by atoms with Crippen LogP contribution in [0.25, 0.3) is 5.69 Å². The summed E-state index contributed by atoms with van der Waals surface area (Å²) in [4.78, 5) is 4.15. The smallest absolute Gasteiger partial charge is 0.246 e. The third kappa shape index (κ3) is 4.57. The molecule has 0 aliphatic heterocycles. The van der Waals surface area contributed by atoms with Gasteiger partial charge in [-0.25, -0.2) is 13.5 Å². The second-order valence-electron chi connectivity index (χ2n) is 6.57. The molecule has 0 aliphatic rings. The van der Waals surface area contributed by atoms with Crippen LogP contribution in [0.5, 0.6) is 5.75 Å².